The molecular formula is C32H37ClN2O2S. The highest BCUT2D eigenvalue weighted by Gasteiger charge is 2.31. The topological polar surface area (TPSA) is 49.4 Å². The highest BCUT2D eigenvalue weighted by molar-refractivity contribution is 7.99. The van der Waals surface area contributed by atoms with E-state index in [0.29, 0.717) is 23.7 Å². The fraction of sp³-hybridized carbons (Fsp3) is 0.375. The van der Waals surface area contributed by atoms with Crippen LogP contribution in [0.2, 0.25) is 5.02 Å². The predicted octanol–water partition coefficient (Wildman–Crippen LogP) is 6.97. The third-order valence-corrected chi connectivity index (χ3v) is 8.34. The van der Waals surface area contributed by atoms with Crippen molar-refractivity contribution in [2.45, 2.75) is 69.8 Å². The van der Waals surface area contributed by atoms with Crippen molar-refractivity contribution in [3.05, 3.63) is 106 Å². The van der Waals surface area contributed by atoms with Crippen LogP contribution >= 0.6 is 23.4 Å². The molecule has 1 aliphatic rings. The summed E-state index contributed by atoms with van der Waals surface area (Å²) in [5.74, 6) is 0.963. The van der Waals surface area contributed by atoms with Gasteiger partial charge in [-0.1, -0.05) is 103 Å². The summed E-state index contributed by atoms with van der Waals surface area (Å²) in [5.41, 5.74) is 4.40. The van der Waals surface area contributed by atoms with Crippen LogP contribution in [0.4, 0.5) is 0 Å². The summed E-state index contributed by atoms with van der Waals surface area (Å²) in [7, 11) is 0. The van der Waals surface area contributed by atoms with Gasteiger partial charge in [-0.05, 0) is 48.6 Å². The molecule has 0 aromatic heterocycles. The molecule has 4 rings (SSSR count). The lowest BCUT2D eigenvalue weighted by Crippen LogP contribution is -2.53. The van der Waals surface area contributed by atoms with Crippen LogP contribution < -0.4 is 5.32 Å². The summed E-state index contributed by atoms with van der Waals surface area (Å²) in [5, 5.41) is 3.95. The van der Waals surface area contributed by atoms with Crippen molar-refractivity contribution in [3.63, 3.8) is 0 Å². The smallest absolute Gasteiger partial charge is 0.243 e. The number of rotatable bonds is 11. The first-order chi connectivity index (χ1) is 18.5. The number of hydrogen-bond donors (Lipinski definition) is 1. The minimum atomic E-state index is -0.595. The van der Waals surface area contributed by atoms with Crippen LogP contribution in [0.15, 0.2) is 78.9 Å². The number of nitrogens with zero attached hydrogens (tertiary/aromatic N) is 1. The number of halogens is 1. The second-order valence-electron chi connectivity index (χ2n) is 10.2. The first kappa shape index (κ1) is 28.3. The Morgan fingerprint density at radius 3 is 2.24 bits per heavy atom. The molecule has 0 saturated heterocycles. The molecule has 1 aliphatic carbocycles. The van der Waals surface area contributed by atoms with E-state index in [1.807, 2.05) is 54.6 Å². The van der Waals surface area contributed by atoms with Crippen LogP contribution in [0.1, 0.15) is 54.4 Å². The van der Waals surface area contributed by atoms with Gasteiger partial charge in [0.15, 0.2) is 0 Å². The van der Waals surface area contributed by atoms with Gasteiger partial charge in [0.25, 0.3) is 0 Å². The van der Waals surface area contributed by atoms with Crippen LogP contribution in [0.25, 0.3) is 0 Å². The molecule has 200 valence electrons. The molecule has 1 saturated carbocycles. The average molecular weight is 549 g/mol. The lowest BCUT2D eigenvalue weighted by atomic mass is 9.94. The first-order valence-corrected chi connectivity index (χ1v) is 15.0. The Bertz CT molecular complexity index is 1160. The van der Waals surface area contributed by atoms with E-state index in [2.05, 4.69) is 36.5 Å². The molecule has 1 atom stereocenters. The van der Waals surface area contributed by atoms with Crippen LogP contribution in [-0.2, 0) is 28.3 Å². The molecule has 4 nitrogen and oxygen atoms in total. The molecule has 0 aliphatic heterocycles. The number of amides is 2. The van der Waals surface area contributed by atoms with Crippen LogP contribution in [-0.4, -0.2) is 34.6 Å². The highest BCUT2D eigenvalue weighted by atomic mass is 35.5. The van der Waals surface area contributed by atoms with Crippen molar-refractivity contribution < 1.29 is 9.59 Å². The van der Waals surface area contributed by atoms with Gasteiger partial charge in [-0.15, -0.1) is 11.8 Å². The van der Waals surface area contributed by atoms with Crippen molar-refractivity contribution in [2.75, 3.05) is 5.75 Å². The molecule has 0 bridgehead atoms. The summed E-state index contributed by atoms with van der Waals surface area (Å²) in [6, 6.07) is 25.5. The fourth-order valence-electron chi connectivity index (χ4n) is 4.91. The molecule has 1 unspecified atom stereocenters. The lowest BCUT2D eigenvalue weighted by molar-refractivity contribution is -0.139. The average Bonchev–Trinajstić information content (AvgIpc) is 2.94. The zero-order valence-corrected chi connectivity index (χ0v) is 23.6. The van der Waals surface area contributed by atoms with Gasteiger partial charge in [0.1, 0.15) is 6.04 Å². The maximum atomic E-state index is 13.8. The Kier molecular flexibility index (Phi) is 10.7. The van der Waals surface area contributed by atoms with Crippen molar-refractivity contribution >= 4 is 35.2 Å². The summed E-state index contributed by atoms with van der Waals surface area (Å²) < 4.78 is 0. The monoisotopic (exact) mass is 548 g/mol. The molecular weight excluding hydrogens is 512 g/mol. The molecule has 2 amide bonds. The molecule has 1 fully saturated rings. The number of hydrogen-bond acceptors (Lipinski definition) is 3. The minimum absolute atomic E-state index is 0.0308. The molecule has 0 radical (unpaired) electrons. The zero-order valence-electron chi connectivity index (χ0n) is 22.1. The minimum Gasteiger partial charge on any atom is -0.352 e. The Balaban J connectivity index is 1.55. The highest BCUT2D eigenvalue weighted by Crippen LogP contribution is 2.22. The number of benzene rings is 3. The summed E-state index contributed by atoms with van der Waals surface area (Å²) in [6.45, 7) is 2.43. The Hall–Kier alpha value is -2.76. The van der Waals surface area contributed by atoms with Crippen LogP contribution in [0.5, 0.6) is 0 Å². The number of thioether (sulfide) groups is 1. The van der Waals surface area contributed by atoms with Gasteiger partial charge in [-0.25, -0.2) is 0 Å². The Morgan fingerprint density at radius 2 is 1.55 bits per heavy atom. The number of aryl methyl sites for hydroxylation is 1. The summed E-state index contributed by atoms with van der Waals surface area (Å²) >= 11 is 7.72. The van der Waals surface area contributed by atoms with Crippen LogP contribution in [0.3, 0.4) is 0 Å². The second kappa shape index (κ2) is 14.4. The van der Waals surface area contributed by atoms with Gasteiger partial charge in [-0.3, -0.25) is 9.59 Å². The van der Waals surface area contributed by atoms with E-state index in [1.54, 1.807) is 16.7 Å². The summed E-state index contributed by atoms with van der Waals surface area (Å²) in [6.07, 6.45) is 5.97. The maximum absolute atomic E-state index is 13.8. The molecule has 6 heteroatoms. The fourth-order valence-corrected chi connectivity index (χ4v) is 5.90. The lowest BCUT2D eigenvalue weighted by Gasteiger charge is -2.33. The second-order valence-corrected chi connectivity index (χ2v) is 11.6. The first-order valence-electron chi connectivity index (χ1n) is 13.5. The predicted molar refractivity (Wildman–Crippen MR) is 158 cm³/mol. The normalized spacial score (nSPS) is 14.6. The van der Waals surface area contributed by atoms with Gasteiger partial charge in [0.2, 0.25) is 11.8 Å². The van der Waals surface area contributed by atoms with Gasteiger partial charge >= 0.3 is 0 Å². The van der Waals surface area contributed by atoms with Crippen molar-refractivity contribution in [2.24, 2.45) is 0 Å². The SMILES string of the molecule is Cc1ccc(CSCC(=O)N(Cc2ccc(Cl)cc2)C(Cc2ccccc2)C(=O)NC2CCCCC2)cc1. The largest absolute Gasteiger partial charge is 0.352 e. The Labute approximate surface area is 236 Å². The third-order valence-electron chi connectivity index (χ3n) is 7.10. The maximum Gasteiger partial charge on any atom is 0.243 e. The molecule has 3 aromatic carbocycles. The van der Waals surface area contributed by atoms with Crippen molar-refractivity contribution in [3.8, 4) is 0 Å². The number of carbonyl (C=O) groups is 2. The van der Waals surface area contributed by atoms with Crippen LogP contribution in [0, 0.1) is 6.92 Å². The van der Waals surface area contributed by atoms with Crippen molar-refractivity contribution in [1.82, 2.24) is 10.2 Å². The van der Waals surface area contributed by atoms with E-state index < -0.39 is 6.04 Å². The van der Waals surface area contributed by atoms with E-state index >= 15 is 0 Å². The van der Waals surface area contributed by atoms with Gasteiger partial charge in [0.05, 0.1) is 5.75 Å². The van der Waals surface area contributed by atoms with E-state index in [4.69, 9.17) is 11.6 Å². The number of nitrogens with one attached hydrogen (secondary N) is 1. The molecule has 38 heavy (non-hydrogen) atoms. The summed E-state index contributed by atoms with van der Waals surface area (Å²) in [4.78, 5) is 29.4. The third kappa shape index (κ3) is 8.64. The molecule has 0 heterocycles. The Morgan fingerprint density at radius 1 is 0.895 bits per heavy atom. The molecule has 0 spiro atoms. The van der Waals surface area contributed by atoms with E-state index in [1.165, 1.54) is 17.5 Å². The quantitative estimate of drug-likeness (QED) is 0.281. The van der Waals surface area contributed by atoms with E-state index in [9.17, 15) is 9.59 Å². The van der Waals surface area contributed by atoms with Gasteiger partial charge < -0.3 is 10.2 Å². The molecule has 3 aromatic rings. The van der Waals surface area contributed by atoms with Gasteiger partial charge in [0, 0.05) is 29.8 Å². The van der Waals surface area contributed by atoms with E-state index in [-0.39, 0.29) is 17.9 Å². The zero-order chi connectivity index (χ0) is 26.7. The van der Waals surface area contributed by atoms with E-state index in [0.717, 1.165) is 42.6 Å². The standard InChI is InChI=1S/C32H37ClN2O2S/c1-24-12-14-27(15-13-24)22-38-23-31(36)35(21-26-16-18-28(33)19-17-26)30(20-25-8-4-2-5-9-25)32(37)34-29-10-6-3-7-11-29/h2,4-5,8-9,12-19,29-30H,3,6-7,10-11,20-23H2,1H3,(H,34,37). The van der Waals surface area contributed by atoms with Crippen molar-refractivity contribution in [1.29, 1.82) is 0 Å². The molecule has 1 N–H and O–H groups in total. The number of carbonyl (C=O) groups excluding carboxylic acids is 2. The van der Waals surface area contributed by atoms with Gasteiger partial charge in [-0.2, -0.15) is 0 Å².